The number of para-hydroxylation sites is 1. The molecular formula is C28H30N4O3. The normalized spacial score (nSPS) is 14.8. The molecule has 0 radical (unpaired) electrons. The third-order valence-corrected chi connectivity index (χ3v) is 6.26. The van der Waals surface area contributed by atoms with E-state index in [0.29, 0.717) is 5.56 Å². The molecule has 1 saturated heterocycles. The molecule has 7 heteroatoms. The van der Waals surface area contributed by atoms with Crippen molar-refractivity contribution in [2.24, 2.45) is 5.73 Å². The highest BCUT2D eigenvalue weighted by Gasteiger charge is 2.28. The summed E-state index contributed by atoms with van der Waals surface area (Å²) < 4.78 is 0. The van der Waals surface area contributed by atoms with Gasteiger partial charge in [0.1, 0.15) is 6.04 Å². The molecule has 0 bridgehead atoms. The molecular weight excluding hydrogens is 440 g/mol. The van der Waals surface area contributed by atoms with Gasteiger partial charge in [0.05, 0.1) is 5.56 Å². The number of piperazine rings is 1. The van der Waals surface area contributed by atoms with Crippen molar-refractivity contribution in [1.29, 1.82) is 0 Å². The molecule has 0 spiro atoms. The van der Waals surface area contributed by atoms with Crippen molar-refractivity contribution in [2.45, 2.75) is 19.0 Å². The fourth-order valence-electron chi connectivity index (χ4n) is 4.40. The van der Waals surface area contributed by atoms with E-state index in [-0.39, 0.29) is 6.42 Å². The monoisotopic (exact) mass is 470 g/mol. The van der Waals surface area contributed by atoms with E-state index in [0.717, 1.165) is 44.0 Å². The minimum Gasteiger partial charge on any atom is -0.368 e. The van der Waals surface area contributed by atoms with E-state index in [2.05, 4.69) is 39.4 Å². The summed E-state index contributed by atoms with van der Waals surface area (Å²) >= 11 is 0. The molecule has 1 fully saturated rings. The van der Waals surface area contributed by atoms with Crippen LogP contribution in [0.5, 0.6) is 0 Å². The van der Waals surface area contributed by atoms with Crippen LogP contribution in [0.3, 0.4) is 0 Å². The van der Waals surface area contributed by atoms with Gasteiger partial charge in [-0.2, -0.15) is 0 Å². The van der Waals surface area contributed by atoms with E-state index >= 15 is 0 Å². The second kappa shape index (κ2) is 11.4. The molecule has 0 aromatic heterocycles. The Kier molecular flexibility index (Phi) is 7.90. The summed E-state index contributed by atoms with van der Waals surface area (Å²) in [6.07, 6.45) is 0.189. The van der Waals surface area contributed by atoms with Gasteiger partial charge in [-0.05, 0) is 23.3 Å². The summed E-state index contributed by atoms with van der Waals surface area (Å²) in [4.78, 5) is 42.0. The number of nitrogens with zero attached hydrogens (tertiary/aromatic N) is 2. The number of rotatable bonds is 9. The predicted molar refractivity (Wildman–Crippen MR) is 136 cm³/mol. The zero-order valence-electron chi connectivity index (χ0n) is 19.6. The zero-order valence-corrected chi connectivity index (χ0v) is 19.6. The molecule has 1 heterocycles. The van der Waals surface area contributed by atoms with Gasteiger partial charge in [0, 0.05) is 44.8 Å². The number of benzene rings is 3. The minimum atomic E-state index is -1.06. The van der Waals surface area contributed by atoms with Gasteiger partial charge in [-0.3, -0.25) is 19.3 Å². The molecule has 2 amide bonds. The molecule has 35 heavy (non-hydrogen) atoms. The van der Waals surface area contributed by atoms with Crippen molar-refractivity contribution in [2.75, 3.05) is 31.1 Å². The van der Waals surface area contributed by atoms with Crippen LogP contribution in [0.1, 0.15) is 21.5 Å². The molecule has 1 aliphatic rings. The van der Waals surface area contributed by atoms with Crippen LogP contribution in [-0.4, -0.2) is 54.7 Å². The Morgan fingerprint density at radius 1 is 0.771 bits per heavy atom. The van der Waals surface area contributed by atoms with Gasteiger partial charge < -0.3 is 16.0 Å². The number of hydrogen-bond acceptors (Lipinski definition) is 5. The number of carbonyl (C=O) groups is 3. The van der Waals surface area contributed by atoms with Crippen molar-refractivity contribution >= 4 is 23.3 Å². The molecule has 4 rings (SSSR count). The van der Waals surface area contributed by atoms with Crippen LogP contribution in [0.2, 0.25) is 0 Å². The first-order valence-electron chi connectivity index (χ1n) is 11.8. The van der Waals surface area contributed by atoms with Crippen LogP contribution in [0.15, 0.2) is 84.9 Å². The van der Waals surface area contributed by atoms with E-state index in [1.54, 1.807) is 12.1 Å². The Labute approximate surface area is 205 Å². The average molecular weight is 471 g/mol. The number of anilines is 1. The first-order valence-corrected chi connectivity index (χ1v) is 11.8. The predicted octanol–water partition coefficient (Wildman–Crippen LogP) is 2.40. The second-order valence-electron chi connectivity index (χ2n) is 8.71. The Balaban J connectivity index is 1.45. The van der Waals surface area contributed by atoms with Crippen LogP contribution in [0.4, 0.5) is 5.69 Å². The molecule has 3 aromatic carbocycles. The van der Waals surface area contributed by atoms with Crippen LogP contribution in [-0.2, 0) is 22.6 Å². The molecule has 0 aliphatic carbocycles. The summed E-state index contributed by atoms with van der Waals surface area (Å²) in [5, 5.41) is 2.76. The van der Waals surface area contributed by atoms with Gasteiger partial charge in [0.25, 0.3) is 11.8 Å². The fourth-order valence-corrected chi connectivity index (χ4v) is 4.40. The highest BCUT2D eigenvalue weighted by molar-refractivity contribution is 6.38. The Morgan fingerprint density at radius 3 is 1.97 bits per heavy atom. The van der Waals surface area contributed by atoms with Crippen LogP contribution >= 0.6 is 0 Å². The summed E-state index contributed by atoms with van der Waals surface area (Å²) in [7, 11) is 0. The molecule has 7 nitrogen and oxygen atoms in total. The minimum absolute atomic E-state index is 0.189. The first kappa shape index (κ1) is 24.2. The highest BCUT2D eigenvalue weighted by atomic mass is 16.2. The number of amides is 2. The maximum Gasteiger partial charge on any atom is 0.287 e. The van der Waals surface area contributed by atoms with Crippen molar-refractivity contribution < 1.29 is 14.4 Å². The number of carbonyl (C=O) groups excluding carboxylic acids is 3. The SMILES string of the molecule is NC(=O)C(=O)C(Cc1ccccc1)NC(=O)c1ccccc1N1CCN(Cc2ccccc2)CC1. The number of primary amides is 1. The van der Waals surface area contributed by atoms with E-state index in [1.165, 1.54) is 5.56 Å². The number of hydrogen-bond donors (Lipinski definition) is 2. The third-order valence-electron chi connectivity index (χ3n) is 6.26. The van der Waals surface area contributed by atoms with Gasteiger partial charge in [-0.25, -0.2) is 0 Å². The van der Waals surface area contributed by atoms with Crippen molar-refractivity contribution in [3.8, 4) is 0 Å². The molecule has 0 saturated carbocycles. The molecule has 180 valence electrons. The molecule has 1 aliphatic heterocycles. The molecule has 1 unspecified atom stereocenters. The standard InChI is InChI=1S/C28H30N4O3/c29-27(34)26(33)24(19-21-9-3-1-4-10-21)30-28(35)23-13-7-8-14-25(23)32-17-15-31(16-18-32)20-22-11-5-2-6-12-22/h1-14,24H,15-20H2,(H2,29,34)(H,30,35). The topological polar surface area (TPSA) is 95.7 Å². The highest BCUT2D eigenvalue weighted by Crippen LogP contribution is 2.23. The van der Waals surface area contributed by atoms with Gasteiger partial charge in [-0.1, -0.05) is 72.8 Å². The van der Waals surface area contributed by atoms with Gasteiger partial charge in [0.15, 0.2) is 0 Å². The van der Waals surface area contributed by atoms with Gasteiger partial charge >= 0.3 is 0 Å². The van der Waals surface area contributed by atoms with Crippen LogP contribution in [0.25, 0.3) is 0 Å². The molecule has 3 N–H and O–H groups in total. The fraction of sp³-hybridized carbons (Fsp3) is 0.250. The van der Waals surface area contributed by atoms with Crippen LogP contribution < -0.4 is 16.0 Å². The second-order valence-corrected chi connectivity index (χ2v) is 8.71. The largest absolute Gasteiger partial charge is 0.368 e. The Bertz CT molecular complexity index is 1160. The number of Topliss-reactive ketones (excluding diaryl/α,β-unsaturated/α-hetero) is 1. The first-order chi connectivity index (χ1) is 17.0. The van der Waals surface area contributed by atoms with E-state index in [4.69, 9.17) is 5.73 Å². The lowest BCUT2D eigenvalue weighted by atomic mass is 10.0. The maximum atomic E-state index is 13.3. The Morgan fingerprint density at radius 2 is 1.34 bits per heavy atom. The third kappa shape index (κ3) is 6.33. The quantitative estimate of drug-likeness (QED) is 0.468. The van der Waals surface area contributed by atoms with Crippen molar-refractivity contribution in [1.82, 2.24) is 10.2 Å². The van der Waals surface area contributed by atoms with Crippen molar-refractivity contribution in [3.05, 3.63) is 102 Å². The van der Waals surface area contributed by atoms with Gasteiger partial charge in [-0.15, -0.1) is 0 Å². The van der Waals surface area contributed by atoms with Crippen LogP contribution in [0, 0.1) is 0 Å². The maximum absolute atomic E-state index is 13.3. The lowest BCUT2D eigenvalue weighted by molar-refractivity contribution is -0.137. The molecule has 1 atom stereocenters. The number of ketones is 1. The Hall–Kier alpha value is -3.97. The smallest absolute Gasteiger partial charge is 0.287 e. The van der Waals surface area contributed by atoms with E-state index in [1.807, 2.05) is 48.5 Å². The lowest BCUT2D eigenvalue weighted by Gasteiger charge is -2.37. The summed E-state index contributed by atoms with van der Waals surface area (Å²) in [6.45, 7) is 4.21. The van der Waals surface area contributed by atoms with Gasteiger partial charge in [0.2, 0.25) is 5.78 Å². The zero-order chi connectivity index (χ0) is 24.6. The summed E-state index contributed by atoms with van der Waals surface area (Å²) in [5.41, 5.74) is 8.66. The summed E-state index contributed by atoms with van der Waals surface area (Å²) in [6, 6.07) is 26.0. The lowest BCUT2D eigenvalue weighted by Crippen LogP contribution is -2.48. The van der Waals surface area contributed by atoms with E-state index < -0.39 is 23.6 Å². The van der Waals surface area contributed by atoms with Crippen molar-refractivity contribution in [3.63, 3.8) is 0 Å². The number of nitrogens with one attached hydrogen (secondary N) is 1. The molecule has 3 aromatic rings. The average Bonchev–Trinajstić information content (AvgIpc) is 2.89. The number of nitrogens with two attached hydrogens (primary N) is 1. The van der Waals surface area contributed by atoms with E-state index in [9.17, 15) is 14.4 Å². The summed E-state index contributed by atoms with van der Waals surface area (Å²) in [5.74, 6) is -2.27.